The lowest BCUT2D eigenvalue weighted by Crippen LogP contribution is -2.05. The first kappa shape index (κ1) is 12.4. The Morgan fingerprint density at radius 3 is 2.71 bits per heavy atom. The van der Waals surface area contributed by atoms with Gasteiger partial charge in [0.05, 0.1) is 16.1 Å². The van der Waals surface area contributed by atoms with Crippen LogP contribution in [-0.4, -0.2) is 10.1 Å². The van der Waals surface area contributed by atoms with Crippen molar-refractivity contribution in [2.24, 2.45) is 5.73 Å². The Kier molecular flexibility index (Phi) is 3.66. The minimum Gasteiger partial charge on any atom is -0.338 e. The van der Waals surface area contributed by atoms with Gasteiger partial charge in [-0.3, -0.25) is 0 Å². The van der Waals surface area contributed by atoms with Crippen LogP contribution in [0.3, 0.4) is 0 Å². The second kappa shape index (κ2) is 5.04. The lowest BCUT2D eigenvalue weighted by molar-refractivity contribution is 0.358. The number of aromatic nitrogens is 2. The Morgan fingerprint density at radius 1 is 1.35 bits per heavy atom. The maximum Gasteiger partial charge on any atom is 0.243 e. The van der Waals surface area contributed by atoms with E-state index in [0.717, 1.165) is 5.56 Å². The van der Waals surface area contributed by atoms with E-state index < -0.39 is 0 Å². The highest BCUT2D eigenvalue weighted by atomic mass is 35.5. The molecule has 0 saturated carbocycles. The van der Waals surface area contributed by atoms with Crippen LogP contribution in [-0.2, 0) is 6.42 Å². The van der Waals surface area contributed by atoms with Crippen LogP contribution in [0.5, 0.6) is 0 Å². The molecule has 0 aliphatic rings. The number of nitrogens with two attached hydrogens (primary N) is 1. The summed E-state index contributed by atoms with van der Waals surface area (Å²) in [5.41, 5.74) is 6.60. The Morgan fingerprint density at radius 2 is 2.12 bits per heavy atom. The van der Waals surface area contributed by atoms with E-state index in [2.05, 4.69) is 10.1 Å². The third kappa shape index (κ3) is 2.97. The van der Waals surface area contributed by atoms with Gasteiger partial charge in [-0.2, -0.15) is 4.98 Å². The SMILES string of the molecule is C[C@@H](N)c1nc(Cc2ccc(Cl)c(Cl)c2)no1. The summed E-state index contributed by atoms with van der Waals surface area (Å²) in [7, 11) is 0. The van der Waals surface area contributed by atoms with Crippen LogP contribution >= 0.6 is 23.2 Å². The monoisotopic (exact) mass is 271 g/mol. The molecule has 1 aromatic heterocycles. The lowest BCUT2D eigenvalue weighted by Gasteiger charge is -1.99. The van der Waals surface area contributed by atoms with E-state index in [1.807, 2.05) is 6.07 Å². The smallest absolute Gasteiger partial charge is 0.243 e. The third-order valence-electron chi connectivity index (χ3n) is 2.22. The minimum absolute atomic E-state index is 0.259. The summed E-state index contributed by atoms with van der Waals surface area (Å²) in [5.74, 6) is 1.01. The Labute approximate surface area is 109 Å². The van der Waals surface area contributed by atoms with Crippen molar-refractivity contribution in [3.05, 3.63) is 45.5 Å². The first-order valence-electron chi connectivity index (χ1n) is 5.08. The molecule has 1 aromatic carbocycles. The molecule has 0 radical (unpaired) electrons. The zero-order chi connectivity index (χ0) is 12.4. The van der Waals surface area contributed by atoms with Gasteiger partial charge in [-0.25, -0.2) is 0 Å². The van der Waals surface area contributed by atoms with Crippen molar-refractivity contribution >= 4 is 23.2 Å². The highest BCUT2D eigenvalue weighted by Crippen LogP contribution is 2.23. The van der Waals surface area contributed by atoms with E-state index in [0.29, 0.717) is 28.2 Å². The molecule has 2 aromatic rings. The second-order valence-electron chi connectivity index (χ2n) is 3.76. The standard InChI is InChI=1S/C11H11Cl2N3O/c1-6(14)11-15-10(16-17-11)5-7-2-3-8(12)9(13)4-7/h2-4,6H,5,14H2,1H3/t6-/m1/s1. The van der Waals surface area contributed by atoms with Gasteiger partial charge in [-0.15, -0.1) is 0 Å². The van der Waals surface area contributed by atoms with Gasteiger partial charge in [0.15, 0.2) is 5.82 Å². The van der Waals surface area contributed by atoms with Crippen LogP contribution in [0.15, 0.2) is 22.7 Å². The number of halogens is 2. The van der Waals surface area contributed by atoms with Crippen molar-refractivity contribution in [1.29, 1.82) is 0 Å². The van der Waals surface area contributed by atoms with Crippen molar-refractivity contribution in [2.45, 2.75) is 19.4 Å². The highest BCUT2D eigenvalue weighted by molar-refractivity contribution is 6.42. The summed E-state index contributed by atoms with van der Waals surface area (Å²) >= 11 is 11.8. The molecule has 0 aliphatic carbocycles. The van der Waals surface area contributed by atoms with Crippen LogP contribution in [0.2, 0.25) is 10.0 Å². The van der Waals surface area contributed by atoms with Crippen LogP contribution in [0.1, 0.15) is 30.2 Å². The van der Waals surface area contributed by atoms with Gasteiger partial charge in [0.2, 0.25) is 5.89 Å². The van der Waals surface area contributed by atoms with Crippen LogP contribution in [0.25, 0.3) is 0 Å². The number of hydrogen-bond donors (Lipinski definition) is 1. The molecule has 17 heavy (non-hydrogen) atoms. The number of rotatable bonds is 3. The van der Waals surface area contributed by atoms with Gasteiger partial charge in [0.25, 0.3) is 0 Å². The summed E-state index contributed by atoms with van der Waals surface area (Å²) in [5, 5.41) is 4.88. The van der Waals surface area contributed by atoms with E-state index >= 15 is 0 Å². The molecule has 0 saturated heterocycles. The molecule has 0 unspecified atom stereocenters. The van der Waals surface area contributed by atoms with Gasteiger partial charge in [-0.05, 0) is 24.6 Å². The first-order valence-corrected chi connectivity index (χ1v) is 5.84. The zero-order valence-electron chi connectivity index (χ0n) is 9.15. The number of benzene rings is 1. The molecule has 0 fully saturated rings. The van der Waals surface area contributed by atoms with Crippen molar-refractivity contribution in [2.75, 3.05) is 0 Å². The Hall–Kier alpha value is -1.10. The van der Waals surface area contributed by atoms with Gasteiger partial charge >= 0.3 is 0 Å². The van der Waals surface area contributed by atoms with E-state index in [-0.39, 0.29) is 6.04 Å². The largest absolute Gasteiger partial charge is 0.338 e. The molecule has 4 nitrogen and oxygen atoms in total. The topological polar surface area (TPSA) is 64.9 Å². The molecule has 6 heteroatoms. The summed E-state index contributed by atoms with van der Waals surface area (Å²) in [6, 6.07) is 5.14. The Balaban J connectivity index is 2.16. The van der Waals surface area contributed by atoms with Gasteiger partial charge in [-0.1, -0.05) is 34.4 Å². The first-order chi connectivity index (χ1) is 8.06. The van der Waals surface area contributed by atoms with Crippen molar-refractivity contribution in [3.63, 3.8) is 0 Å². The van der Waals surface area contributed by atoms with E-state index in [4.69, 9.17) is 33.5 Å². The molecule has 1 heterocycles. The molecular formula is C11H11Cl2N3O. The lowest BCUT2D eigenvalue weighted by atomic mass is 10.1. The fourth-order valence-electron chi connectivity index (χ4n) is 1.36. The molecule has 0 amide bonds. The predicted octanol–water partition coefficient (Wildman–Crippen LogP) is 2.99. The van der Waals surface area contributed by atoms with Crippen molar-refractivity contribution < 1.29 is 4.52 Å². The second-order valence-corrected chi connectivity index (χ2v) is 4.58. The van der Waals surface area contributed by atoms with Crippen molar-refractivity contribution in [1.82, 2.24) is 10.1 Å². The molecule has 2 N–H and O–H groups in total. The van der Waals surface area contributed by atoms with Crippen LogP contribution < -0.4 is 5.73 Å². The van der Waals surface area contributed by atoms with Crippen LogP contribution in [0, 0.1) is 0 Å². The van der Waals surface area contributed by atoms with E-state index in [9.17, 15) is 0 Å². The fourth-order valence-corrected chi connectivity index (χ4v) is 1.68. The molecule has 90 valence electrons. The third-order valence-corrected chi connectivity index (χ3v) is 2.96. The maximum atomic E-state index is 5.92. The van der Waals surface area contributed by atoms with E-state index in [1.165, 1.54) is 0 Å². The Bertz CT molecular complexity index is 525. The average molecular weight is 272 g/mol. The normalized spacial score (nSPS) is 12.7. The van der Waals surface area contributed by atoms with Gasteiger partial charge < -0.3 is 10.3 Å². The van der Waals surface area contributed by atoms with E-state index in [1.54, 1.807) is 19.1 Å². The van der Waals surface area contributed by atoms with Crippen LogP contribution in [0.4, 0.5) is 0 Å². The van der Waals surface area contributed by atoms with Crippen molar-refractivity contribution in [3.8, 4) is 0 Å². The maximum absolute atomic E-state index is 5.92. The minimum atomic E-state index is -0.259. The quantitative estimate of drug-likeness (QED) is 0.932. The molecule has 0 aliphatic heterocycles. The molecule has 1 atom stereocenters. The number of hydrogen-bond acceptors (Lipinski definition) is 4. The summed E-state index contributed by atoms with van der Waals surface area (Å²) < 4.78 is 5.01. The predicted molar refractivity (Wildman–Crippen MR) is 66.2 cm³/mol. The summed E-state index contributed by atoms with van der Waals surface area (Å²) in [6.45, 7) is 1.79. The number of nitrogens with zero attached hydrogens (tertiary/aromatic N) is 2. The highest BCUT2D eigenvalue weighted by Gasteiger charge is 2.11. The molecular weight excluding hydrogens is 261 g/mol. The van der Waals surface area contributed by atoms with Gasteiger partial charge in [0, 0.05) is 6.42 Å². The summed E-state index contributed by atoms with van der Waals surface area (Å²) in [6.07, 6.45) is 0.535. The zero-order valence-corrected chi connectivity index (χ0v) is 10.7. The fraction of sp³-hybridized carbons (Fsp3) is 0.273. The molecule has 2 rings (SSSR count). The average Bonchev–Trinajstić information content (AvgIpc) is 2.72. The summed E-state index contributed by atoms with van der Waals surface area (Å²) in [4.78, 5) is 4.18. The molecule has 0 bridgehead atoms. The van der Waals surface area contributed by atoms with Gasteiger partial charge in [0.1, 0.15) is 0 Å². The molecule has 0 spiro atoms.